The van der Waals surface area contributed by atoms with Gasteiger partial charge in [-0.1, -0.05) is 6.07 Å². The van der Waals surface area contributed by atoms with Crippen LogP contribution in [0.4, 0.5) is 17.6 Å². The van der Waals surface area contributed by atoms with E-state index in [0.717, 1.165) is 16.8 Å². The standard InChI is InChI=1S/C25H22F4N4O3/c1-14-12-32(13-30-14)21-6-5-15(9-22(21)36-2)8-20(29)24(34)31-33-7-3-4-17(25(33)35)23-18(27)10-16(26)11-19(23)28/h5-6,8-13,17H,3-4,7H2,1-2H3,(H,31,34)/b20-8+. The fourth-order valence-electron chi connectivity index (χ4n) is 4.08. The lowest BCUT2D eigenvalue weighted by Gasteiger charge is -2.32. The van der Waals surface area contributed by atoms with Crippen molar-refractivity contribution in [1.82, 2.24) is 20.0 Å². The van der Waals surface area contributed by atoms with E-state index in [1.165, 1.54) is 13.2 Å². The number of nitrogens with zero attached hydrogens (tertiary/aromatic N) is 3. The molecule has 1 aliphatic rings. The Labute approximate surface area is 204 Å². The van der Waals surface area contributed by atoms with Gasteiger partial charge in [0, 0.05) is 30.4 Å². The Morgan fingerprint density at radius 1 is 1.19 bits per heavy atom. The molecule has 1 saturated heterocycles. The molecule has 0 radical (unpaired) electrons. The highest BCUT2D eigenvalue weighted by atomic mass is 19.1. The molecule has 2 amide bonds. The van der Waals surface area contributed by atoms with Gasteiger partial charge in [0.15, 0.2) is 5.83 Å². The minimum absolute atomic E-state index is 0.0195. The number of hydrazine groups is 1. The summed E-state index contributed by atoms with van der Waals surface area (Å²) < 4.78 is 63.5. The molecule has 0 bridgehead atoms. The molecule has 0 spiro atoms. The number of piperidine rings is 1. The number of ether oxygens (including phenoxy) is 1. The van der Waals surface area contributed by atoms with Crippen LogP contribution in [0.25, 0.3) is 11.8 Å². The summed E-state index contributed by atoms with van der Waals surface area (Å²) in [5.74, 6) is -7.62. The molecule has 1 atom stereocenters. The van der Waals surface area contributed by atoms with Crippen molar-refractivity contribution >= 4 is 17.9 Å². The van der Waals surface area contributed by atoms with Gasteiger partial charge in [0.2, 0.25) is 5.91 Å². The van der Waals surface area contributed by atoms with Gasteiger partial charge in [-0.2, -0.15) is 0 Å². The van der Waals surface area contributed by atoms with E-state index in [4.69, 9.17) is 4.74 Å². The molecule has 2 heterocycles. The molecule has 7 nitrogen and oxygen atoms in total. The lowest BCUT2D eigenvalue weighted by Crippen LogP contribution is -2.51. The third kappa shape index (κ3) is 5.09. The second kappa shape index (κ2) is 10.2. The van der Waals surface area contributed by atoms with E-state index in [-0.39, 0.29) is 19.4 Å². The normalized spacial score (nSPS) is 16.3. The van der Waals surface area contributed by atoms with Crippen molar-refractivity contribution in [3.63, 3.8) is 0 Å². The van der Waals surface area contributed by atoms with Gasteiger partial charge in [-0.15, -0.1) is 0 Å². The van der Waals surface area contributed by atoms with E-state index < -0.39 is 46.6 Å². The Morgan fingerprint density at radius 3 is 2.56 bits per heavy atom. The molecule has 2 aromatic carbocycles. The van der Waals surface area contributed by atoms with Gasteiger partial charge >= 0.3 is 0 Å². The summed E-state index contributed by atoms with van der Waals surface area (Å²) in [6, 6.07) is 5.74. The van der Waals surface area contributed by atoms with E-state index in [0.29, 0.717) is 29.1 Å². The third-order valence-electron chi connectivity index (χ3n) is 5.77. The molecule has 0 saturated carbocycles. The van der Waals surface area contributed by atoms with Crippen molar-refractivity contribution in [1.29, 1.82) is 0 Å². The fourth-order valence-corrected chi connectivity index (χ4v) is 4.08. The number of carbonyl (C=O) groups is 2. The van der Waals surface area contributed by atoms with E-state index in [2.05, 4.69) is 10.4 Å². The first-order valence-corrected chi connectivity index (χ1v) is 11.0. The SMILES string of the molecule is COc1cc(/C=C(/F)C(=O)NN2CCCC(c3c(F)cc(F)cc3F)C2=O)ccc1-n1cnc(C)c1. The first kappa shape index (κ1) is 25.0. The smallest absolute Gasteiger partial charge is 0.298 e. The van der Waals surface area contributed by atoms with Crippen LogP contribution >= 0.6 is 0 Å². The topological polar surface area (TPSA) is 76.5 Å². The highest BCUT2D eigenvalue weighted by molar-refractivity contribution is 5.97. The van der Waals surface area contributed by atoms with Gasteiger partial charge in [-0.05, 0) is 43.5 Å². The fraction of sp³-hybridized carbons (Fsp3) is 0.240. The predicted octanol–water partition coefficient (Wildman–Crippen LogP) is 4.35. The average molecular weight is 502 g/mol. The van der Waals surface area contributed by atoms with Gasteiger partial charge in [0.1, 0.15) is 23.2 Å². The molecule has 0 aliphatic carbocycles. The first-order valence-electron chi connectivity index (χ1n) is 11.0. The summed E-state index contributed by atoms with van der Waals surface area (Å²) in [6.07, 6.45) is 4.72. The number of nitrogens with one attached hydrogen (secondary N) is 1. The van der Waals surface area contributed by atoms with Crippen molar-refractivity contribution in [2.45, 2.75) is 25.7 Å². The number of imidazole rings is 1. The number of aromatic nitrogens is 2. The summed E-state index contributed by atoms with van der Waals surface area (Å²) in [7, 11) is 1.45. The lowest BCUT2D eigenvalue weighted by atomic mass is 9.89. The van der Waals surface area contributed by atoms with Crippen LogP contribution < -0.4 is 10.2 Å². The van der Waals surface area contributed by atoms with Gasteiger partial charge in [0.25, 0.3) is 5.91 Å². The minimum Gasteiger partial charge on any atom is -0.495 e. The second-order valence-corrected chi connectivity index (χ2v) is 8.25. The molecule has 1 fully saturated rings. The molecular formula is C25H22F4N4O3. The number of halogens is 4. The Morgan fingerprint density at radius 2 is 1.92 bits per heavy atom. The zero-order valence-electron chi connectivity index (χ0n) is 19.4. The molecule has 3 aromatic rings. The van der Waals surface area contributed by atoms with E-state index in [9.17, 15) is 27.2 Å². The maximum atomic E-state index is 14.7. The van der Waals surface area contributed by atoms with Crippen LogP contribution in [0.2, 0.25) is 0 Å². The van der Waals surface area contributed by atoms with Crippen molar-refractivity contribution in [3.05, 3.63) is 83.0 Å². The van der Waals surface area contributed by atoms with Crippen LogP contribution in [0, 0.1) is 24.4 Å². The van der Waals surface area contributed by atoms with E-state index >= 15 is 0 Å². The lowest BCUT2D eigenvalue weighted by molar-refractivity contribution is -0.144. The highest BCUT2D eigenvalue weighted by Crippen LogP contribution is 2.32. The molecule has 1 N–H and O–H groups in total. The predicted molar refractivity (Wildman–Crippen MR) is 122 cm³/mol. The Balaban J connectivity index is 1.50. The van der Waals surface area contributed by atoms with Gasteiger partial charge in [-0.3, -0.25) is 20.0 Å². The maximum absolute atomic E-state index is 14.7. The highest BCUT2D eigenvalue weighted by Gasteiger charge is 2.35. The van der Waals surface area contributed by atoms with Crippen LogP contribution in [0.3, 0.4) is 0 Å². The van der Waals surface area contributed by atoms with Gasteiger partial charge in [0.05, 0.1) is 30.7 Å². The number of rotatable bonds is 6. The number of amides is 2. The Hall–Kier alpha value is -4.15. The Kier molecular flexibility index (Phi) is 7.09. The largest absolute Gasteiger partial charge is 0.495 e. The number of benzene rings is 2. The summed E-state index contributed by atoms with van der Waals surface area (Å²) >= 11 is 0. The number of carbonyl (C=O) groups excluding carboxylic acids is 2. The zero-order chi connectivity index (χ0) is 26.0. The van der Waals surface area contributed by atoms with Crippen molar-refractivity contribution in [3.8, 4) is 11.4 Å². The monoisotopic (exact) mass is 502 g/mol. The molecule has 36 heavy (non-hydrogen) atoms. The number of aryl methyl sites for hydroxylation is 1. The first-order chi connectivity index (χ1) is 17.2. The maximum Gasteiger partial charge on any atom is 0.298 e. The van der Waals surface area contributed by atoms with Gasteiger partial charge < -0.3 is 9.30 Å². The van der Waals surface area contributed by atoms with Crippen LogP contribution in [-0.4, -0.2) is 40.0 Å². The van der Waals surface area contributed by atoms with Crippen LogP contribution in [-0.2, 0) is 9.59 Å². The van der Waals surface area contributed by atoms with Crippen molar-refractivity contribution in [2.75, 3.05) is 13.7 Å². The summed E-state index contributed by atoms with van der Waals surface area (Å²) in [6.45, 7) is 1.85. The van der Waals surface area contributed by atoms with Gasteiger partial charge in [-0.25, -0.2) is 22.5 Å². The molecule has 4 rings (SSSR count). The minimum atomic E-state index is -1.28. The number of methoxy groups -OCH3 is 1. The molecule has 188 valence electrons. The summed E-state index contributed by atoms with van der Waals surface area (Å²) in [5, 5.41) is 0.817. The molecular weight excluding hydrogens is 480 g/mol. The van der Waals surface area contributed by atoms with E-state index in [1.807, 2.05) is 6.92 Å². The molecule has 1 unspecified atom stereocenters. The van der Waals surface area contributed by atoms with E-state index in [1.54, 1.807) is 29.2 Å². The second-order valence-electron chi connectivity index (χ2n) is 8.25. The average Bonchev–Trinajstić information content (AvgIpc) is 3.26. The van der Waals surface area contributed by atoms with Crippen LogP contribution in [0.15, 0.2) is 48.7 Å². The molecule has 1 aliphatic heterocycles. The number of hydrogen-bond donors (Lipinski definition) is 1. The van der Waals surface area contributed by atoms with Crippen molar-refractivity contribution in [2.24, 2.45) is 0 Å². The quantitative estimate of drug-likeness (QED) is 0.402. The Bertz CT molecular complexity index is 1330. The van der Waals surface area contributed by atoms with Crippen molar-refractivity contribution < 1.29 is 31.9 Å². The summed E-state index contributed by atoms with van der Waals surface area (Å²) in [5.41, 5.74) is 3.33. The van der Waals surface area contributed by atoms with Crippen LogP contribution in [0.1, 0.15) is 35.6 Å². The van der Waals surface area contributed by atoms with Crippen LogP contribution in [0.5, 0.6) is 5.75 Å². The molecule has 11 heteroatoms. The zero-order valence-corrected chi connectivity index (χ0v) is 19.4. The molecule has 1 aromatic heterocycles. The third-order valence-corrected chi connectivity index (χ3v) is 5.77. The number of hydrogen-bond acceptors (Lipinski definition) is 4. The summed E-state index contributed by atoms with van der Waals surface area (Å²) in [4.78, 5) is 29.4.